The molecule has 10 rings (SSSR count). The molecule has 6 nitrogen and oxygen atoms in total. The van der Waals surface area contributed by atoms with E-state index in [1.54, 1.807) is 58.7 Å². The Morgan fingerprint density at radius 3 is 1.55 bits per heavy atom. The normalized spacial score (nSPS) is 13.2. The maximum atomic E-state index is 13.7. The number of benzene rings is 6. The van der Waals surface area contributed by atoms with E-state index >= 15 is 0 Å². The van der Waals surface area contributed by atoms with Crippen molar-refractivity contribution in [3.8, 4) is 0 Å². The molecule has 3 aliphatic heterocycles. The van der Waals surface area contributed by atoms with Gasteiger partial charge in [-0.25, -0.2) is 9.18 Å². The van der Waals surface area contributed by atoms with Gasteiger partial charge >= 0.3 is 5.97 Å². The van der Waals surface area contributed by atoms with Gasteiger partial charge in [0.05, 0.1) is 64.3 Å². The lowest BCUT2D eigenvalue weighted by Gasteiger charge is -2.20. The van der Waals surface area contributed by atoms with Crippen LogP contribution in [0.2, 0.25) is 0 Å². The summed E-state index contributed by atoms with van der Waals surface area (Å²) >= 11 is 7.01. The predicted molar refractivity (Wildman–Crippen MR) is 235 cm³/mol. The van der Waals surface area contributed by atoms with E-state index in [1.807, 2.05) is 82.7 Å². The van der Waals surface area contributed by atoms with Crippen LogP contribution in [-0.4, -0.2) is 35.7 Å². The van der Waals surface area contributed by atoms with Crippen molar-refractivity contribution in [1.82, 2.24) is 4.98 Å². The average molecular weight is 815 g/mol. The third kappa shape index (κ3) is 9.25. The van der Waals surface area contributed by atoms with Crippen LogP contribution in [0.1, 0.15) is 15.9 Å². The van der Waals surface area contributed by atoms with Crippen LogP contribution in [0.4, 0.5) is 38.5 Å². The summed E-state index contributed by atoms with van der Waals surface area (Å²) < 4.78 is 18.5. The summed E-state index contributed by atoms with van der Waals surface area (Å²) in [5.41, 5.74) is 10.1. The molecule has 0 fully saturated rings. The fourth-order valence-electron chi connectivity index (χ4n) is 6.19. The van der Waals surface area contributed by atoms with Crippen molar-refractivity contribution in [2.45, 2.75) is 21.6 Å². The summed E-state index contributed by atoms with van der Waals surface area (Å²) in [6, 6.07) is 48.1. The molecule has 0 bridgehead atoms. The molecule has 0 unspecified atom stereocenters. The zero-order valence-corrected chi connectivity index (χ0v) is 34.1. The van der Waals surface area contributed by atoms with Crippen molar-refractivity contribution < 1.29 is 13.9 Å². The first-order chi connectivity index (χ1) is 27.5. The fourth-order valence-corrected chi connectivity index (χ4v) is 9.70. The van der Waals surface area contributed by atoms with Crippen molar-refractivity contribution >= 4 is 86.7 Å². The summed E-state index contributed by atoms with van der Waals surface area (Å²) in [6.45, 7) is 2.12. The summed E-state index contributed by atoms with van der Waals surface area (Å²) in [6.07, 6.45) is 1.77. The topological polar surface area (TPSA) is 48.9 Å². The van der Waals surface area contributed by atoms with E-state index in [9.17, 15) is 9.18 Å². The SMILES string of the molecule is COC(=O)c1ccccc1N1CSc2ccccc21.Cc1ccc(N2CSc3ccccc32)cc1.Fc1ccccc1N1CSc2ccccc21.c1cscn1. The van der Waals surface area contributed by atoms with Crippen LogP contribution in [0.3, 0.4) is 0 Å². The van der Waals surface area contributed by atoms with E-state index in [1.165, 1.54) is 44.8 Å². The molecule has 0 N–H and O–H groups in total. The van der Waals surface area contributed by atoms with E-state index in [4.69, 9.17) is 4.74 Å². The van der Waals surface area contributed by atoms with Gasteiger partial charge in [0.1, 0.15) is 5.82 Å². The standard InChI is InChI=1S/C15H13NO2S.C14H13NS.C13H10FNS.C3H3NS/c1-18-15(17)11-6-2-3-7-12(11)16-10-19-14-9-5-4-8-13(14)16;1-11-6-8-12(9-7-11)15-10-16-14-5-3-2-4-13(14)15;14-10-5-1-2-6-11(10)15-9-16-13-8-4-3-7-12(13)15;1-2-5-3-4-1/h2-9H,10H2,1H3;2-9H,10H2,1H3;1-8H,9H2;1-3H. The van der Waals surface area contributed by atoms with Gasteiger partial charge in [0.2, 0.25) is 0 Å². The number of anilines is 6. The molecule has 3 aliphatic rings. The number of methoxy groups -OCH3 is 1. The van der Waals surface area contributed by atoms with Gasteiger partial charge in [0, 0.05) is 32.0 Å². The minimum Gasteiger partial charge on any atom is -0.465 e. The second-order valence-electron chi connectivity index (χ2n) is 12.5. The lowest BCUT2D eigenvalue weighted by Crippen LogP contribution is -2.16. The third-order valence-corrected chi connectivity index (χ3v) is 12.6. The third-order valence-electron chi connectivity index (χ3n) is 8.95. The van der Waals surface area contributed by atoms with Gasteiger partial charge in [-0.2, -0.15) is 0 Å². The number of thioether (sulfide) groups is 3. The summed E-state index contributed by atoms with van der Waals surface area (Å²) in [4.78, 5) is 25.9. The van der Waals surface area contributed by atoms with Crippen LogP contribution in [0.15, 0.2) is 177 Å². The molecule has 0 saturated heterocycles. The van der Waals surface area contributed by atoms with Crippen molar-refractivity contribution in [3.05, 3.63) is 180 Å². The highest BCUT2D eigenvalue weighted by atomic mass is 32.2. The molecule has 0 radical (unpaired) electrons. The number of hydrogen-bond acceptors (Lipinski definition) is 10. The van der Waals surface area contributed by atoms with Crippen LogP contribution in [0, 0.1) is 12.7 Å². The van der Waals surface area contributed by atoms with E-state index in [0.29, 0.717) is 11.3 Å². The number of para-hydroxylation sites is 5. The molecule has 6 aromatic carbocycles. The molecule has 0 atom stereocenters. The van der Waals surface area contributed by atoms with E-state index in [0.717, 1.165) is 34.7 Å². The highest BCUT2D eigenvalue weighted by Crippen LogP contribution is 2.45. The molecule has 282 valence electrons. The maximum Gasteiger partial charge on any atom is 0.339 e. The molecular weight excluding hydrogens is 776 g/mol. The van der Waals surface area contributed by atoms with Crippen LogP contribution in [-0.2, 0) is 4.74 Å². The van der Waals surface area contributed by atoms with Crippen LogP contribution in [0.5, 0.6) is 0 Å². The van der Waals surface area contributed by atoms with Gasteiger partial charge in [-0.3, -0.25) is 4.98 Å². The Bertz CT molecular complexity index is 2340. The highest BCUT2D eigenvalue weighted by molar-refractivity contribution is 8.00. The highest BCUT2D eigenvalue weighted by Gasteiger charge is 2.25. The second kappa shape index (κ2) is 19.1. The quantitative estimate of drug-likeness (QED) is 0.162. The first-order valence-corrected chi connectivity index (χ1v) is 21.7. The lowest BCUT2D eigenvalue weighted by atomic mass is 10.1. The van der Waals surface area contributed by atoms with Gasteiger partial charge in [-0.05, 0) is 79.7 Å². The predicted octanol–water partition coefficient (Wildman–Crippen LogP) is 13.0. The largest absolute Gasteiger partial charge is 0.465 e. The van der Waals surface area contributed by atoms with E-state index in [-0.39, 0.29) is 11.8 Å². The van der Waals surface area contributed by atoms with E-state index in [2.05, 4.69) is 88.4 Å². The zero-order chi connectivity index (χ0) is 38.7. The average Bonchev–Trinajstić information content (AvgIpc) is 4.10. The molecule has 0 amide bonds. The molecule has 7 aromatic rings. The molecule has 4 heterocycles. The van der Waals surface area contributed by atoms with Gasteiger partial charge < -0.3 is 19.4 Å². The number of halogens is 1. The number of aromatic nitrogens is 1. The van der Waals surface area contributed by atoms with Gasteiger partial charge in [0.15, 0.2) is 0 Å². The number of aryl methyl sites for hydroxylation is 1. The van der Waals surface area contributed by atoms with Crippen LogP contribution < -0.4 is 14.7 Å². The Hall–Kier alpha value is -5.20. The van der Waals surface area contributed by atoms with Crippen LogP contribution >= 0.6 is 46.6 Å². The smallest absolute Gasteiger partial charge is 0.339 e. The van der Waals surface area contributed by atoms with Gasteiger partial charge in [-0.1, -0.05) is 78.4 Å². The number of rotatable bonds is 4. The monoisotopic (exact) mass is 814 g/mol. The molecule has 0 aliphatic carbocycles. The van der Waals surface area contributed by atoms with Gasteiger partial charge in [-0.15, -0.1) is 46.6 Å². The Morgan fingerprint density at radius 1 is 0.589 bits per heavy atom. The summed E-state index contributed by atoms with van der Waals surface area (Å²) in [5.74, 6) is 2.14. The van der Waals surface area contributed by atoms with Crippen LogP contribution in [0.25, 0.3) is 0 Å². The first kappa shape index (κ1) is 39.1. The van der Waals surface area contributed by atoms with Crippen molar-refractivity contribution in [1.29, 1.82) is 0 Å². The number of hydrogen-bond donors (Lipinski definition) is 0. The Kier molecular flexibility index (Phi) is 13.3. The van der Waals surface area contributed by atoms with Gasteiger partial charge in [0.25, 0.3) is 0 Å². The van der Waals surface area contributed by atoms with Crippen molar-refractivity contribution in [2.75, 3.05) is 39.4 Å². The number of ether oxygens (including phenoxy) is 1. The fraction of sp³-hybridized carbons (Fsp3) is 0.111. The van der Waals surface area contributed by atoms with Crippen molar-refractivity contribution in [3.63, 3.8) is 0 Å². The number of carbonyl (C=O) groups excluding carboxylic acids is 1. The van der Waals surface area contributed by atoms with Crippen molar-refractivity contribution in [2.24, 2.45) is 0 Å². The lowest BCUT2D eigenvalue weighted by molar-refractivity contribution is 0.0601. The molecule has 11 heteroatoms. The second-order valence-corrected chi connectivity index (χ2v) is 16.2. The number of carbonyl (C=O) groups is 1. The summed E-state index contributed by atoms with van der Waals surface area (Å²) in [7, 11) is 1.41. The molecule has 56 heavy (non-hydrogen) atoms. The zero-order valence-electron chi connectivity index (χ0n) is 30.8. The first-order valence-electron chi connectivity index (χ1n) is 17.8. The molecular formula is C45H39FN4O2S4. The summed E-state index contributed by atoms with van der Waals surface area (Å²) in [5, 5.41) is 1.93. The number of nitrogens with zero attached hydrogens (tertiary/aromatic N) is 4. The minimum absolute atomic E-state index is 0.167. The molecule has 1 aromatic heterocycles. The number of fused-ring (bicyclic) bond motifs is 3. The maximum absolute atomic E-state index is 13.7. The minimum atomic E-state index is -0.301. The number of esters is 1. The Labute approximate surface area is 344 Å². The number of thiazole rings is 1. The molecule has 0 spiro atoms. The Balaban J connectivity index is 0.000000121. The Morgan fingerprint density at radius 2 is 1.05 bits per heavy atom. The van der Waals surface area contributed by atoms with E-state index < -0.39 is 0 Å². The molecule has 0 saturated carbocycles.